The maximum absolute atomic E-state index is 11.6. The predicted octanol–water partition coefficient (Wildman–Crippen LogP) is 1.48. The molecule has 98 valence electrons. The number of nitrogens with one attached hydrogen (secondary N) is 1. The molecule has 1 amide bonds. The van der Waals surface area contributed by atoms with Crippen molar-refractivity contribution in [2.24, 2.45) is 0 Å². The highest BCUT2D eigenvalue weighted by Crippen LogP contribution is 2.23. The fourth-order valence-electron chi connectivity index (χ4n) is 1.39. The molecular formula is C12H14ClNO4. The zero-order valence-corrected chi connectivity index (χ0v) is 10.8. The highest BCUT2D eigenvalue weighted by molar-refractivity contribution is 6.30. The van der Waals surface area contributed by atoms with Crippen LogP contribution in [0.2, 0.25) is 5.02 Å². The minimum absolute atomic E-state index is 0.0396. The van der Waals surface area contributed by atoms with Gasteiger partial charge in [0.05, 0.1) is 13.5 Å². The van der Waals surface area contributed by atoms with Gasteiger partial charge in [0.1, 0.15) is 11.8 Å². The van der Waals surface area contributed by atoms with Crippen LogP contribution in [0.3, 0.4) is 0 Å². The molecule has 0 aliphatic carbocycles. The average molecular weight is 272 g/mol. The van der Waals surface area contributed by atoms with Crippen molar-refractivity contribution in [3.8, 4) is 5.75 Å². The number of rotatable bonds is 5. The lowest BCUT2D eigenvalue weighted by atomic mass is 10.1. The molecule has 0 saturated carbocycles. The third-order valence-electron chi connectivity index (χ3n) is 2.35. The Kier molecular flexibility index (Phi) is 4.97. The lowest BCUT2D eigenvalue weighted by Gasteiger charge is -2.11. The Balaban J connectivity index is 2.73. The van der Waals surface area contributed by atoms with Gasteiger partial charge in [-0.1, -0.05) is 17.7 Å². The van der Waals surface area contributed by atoms with Gasteiger partial charge < -0.3 is 15.2 Å². The number of ether oxygens (including phenoxy) is 1. The molecular weight excluding hydrogens is 258 g/mol. The highest BCUT2D eigenvalue weighted by Gasteiger charge is 2.15. The van der Waals surface area contributed by atoms with Gasteiger partial charge in [0.25, 0.3) is 0 Å². The molecule has 0 saturated heterocycles. The first-order chi connectivity index (χ1) is 8.43. The Bertz CT molecular complexity index is 461. The number of carbonyl (C=O) groups is 2. The van der Waals surface area contributed by atoms with Gasteiger partial charge >= 0.3 is 5.97 Å². The van der Waals surface area contributed by atoms with E-state index in [1.54, 1.807) is 18.2 Å². The molecule has 0 unspecified atom stereocenters. The maximum Gasteiger partial charge on any atom is 0.325 e. The molecule has 0 aliphatic rings. The first kappa shape index (κ1) is 14.3. The molecule has 0 heterocycles. The Morgan fingerprint density at radius 2 is 2.17 bits per heavy atom. The third-order valence-corrected chi connectivity index (χ3v) is 2.58. The maximum atomic E-state index is 11.6. The SMILES string of the molecule is COc1cc(Cl)ccc1CC(=O)N[C@@H](C)C(=O)O. The fraction of sp³-hybridized carbons (Fsp3) is 0.333. The number of benzene rings is 1. The predicted molar refractivity (Wildman–Crippen MR) is 66.9 cm³/mol. The van der Waals surface area contributed by atoms with E-state index in [2.05, 4.69) is 5.32 Å². The second-order valence-corrected chi connectivity index (χ2v) is 4.20. The van der Waals surface area contributed by atoms with Gasteiger partial charge in [-0.05, 0) is 19.1 Å². The van der Waals surface area contributed by atoms with Crippen LogP contribution >= 0.6 is 11.6 Å². The van der Waals surface area contributed by atoms with Crippen LogP contribution in [0.5, 0.6) is 5.75 Å². The number of methoxy groups -OCH3 is 1. The topological polar surface area (TPSA) is 75.6 Å². The molecule has 0 aromatic heterocycles. The smallest absolute Gasteiger partial charge is 0.325 e. The third kappa shape index (κ3) is 3.92. The van der Waals surface area contributed by atoms with E-state index in [0.717, 1.165) is 0 Å². The van der Waals surface area contributed by atoms with E-state index in [9.17, 15) is 9.59 Å². The second-order valence-electron chi connectivity index (χ2n) is 3.76. The van der Waals surface area contributed by atoms with Crippen LogP contribution in [-0.2, 0) is 16.0 Å². The minimum atomic E-state index is -1.08. The largest absolute Gasteiger partial charge is 0.496 e. The molecule has 0 fully saturated rings. The molecule has 18 heavy (non-hydrogen) atoms. The molecule has 1 rings (SSSR count). The number of halogens is 1. The van der Waals surface area contributed by atoms with Gasteiger partial charge in [0.2, 0.25) is 5.91 Å². The van der Waals surface area contributed by atoms with E-state index in [0.29, 0.717) is 16.3 Å². The summed E-state index contributed by atoms with van der Waals surface area (Å²) in [5.41, 5.74) is 0.650. The number of carboxylic acids is 1. The lowest BCUT2D eigenvalue weighted by molar-refractivity contribution is -0.141. The summed E-state index contributed by atoms with van der Waals surface area (Å²) in [7, 11) is 1.48. The van der Waals surface area contributed by atoms with Crippen molar-refractivity contribution in [1.29, 1.82) is 0 Å². The van der Waals surface area contributed by atoms with Crippen molar-refractivity contribution in [2.45, 2.75) is 19.4 Å². The quantitative estimate of drug-likeness (QED) is 0.851. The van der Waals surface area contributed by atoms with Crippen molar-refractivity contribution < 1.29 is 19.4 Å². The number of carboxylic acid groups (broad SMARTS) is 1. The van der Waals surface area contributed by atoms with Crippen molar-refractivity contribution in [2.75, 3.05) is 7.11 Å². The monoisotopic (exact) mass is 271 g/mol. The molecule has 1 atom stereocenters. The Morgan fingerprint density at radius 1 is 1.50 bits per heavy atom. The van der Waals surface area contributed by atoms with E-state index in [-0.39, 0.29) is 12.3 Å². The van der Waals surface area contributed by atoms with E-state index in [1.807, 2.05) is 0 Å². The standard InChI is InChI=1S/C12H14ClNO4/c1-7(12(16)17)14-11(15)5-8-3-4-9(13)6-10(8)18-2/h3-4,6-7H,5H2,1-2H3,(H,14,15)(H,16,17)/t7-/m0/s1. The van der Waals surface area contributed by atoms with Crippen molar-refractivity contribution >= 4 is 23.5 Å². The van der Waals surface area contributed by atoms with Crippen LogP contribution in [0.25, 0.3) is 0 Å². The second kappa shape index (κ2) is 6.26. The highest BCUT2D eigenvalue weighted by atomic mass is 35.5. The zero-order chi connectivity index (χ0) is 13.7. The number of amides is 1. The van der Waals surface area contributed by atoms with Crippen molar-refractivity contribution in [3.63, 3.8) is 0 Å². The number of hydrogen-bond acceptors (Lipinski definition) is 3. The molecule has 2 N–H and O–H groups in total. The van der Waals surface area contributed by atoms with Crippen LogP contribution in [0, 0.1) is 0 Å². The first-order valence-electron chi connectivity index (χ1n) is 5.28. The molecule has 0 aliphatic heterocycles. The van der Waals surface area contributed by atoms with Crippen LogP contribution < -0.4 is 10.1 Å². The minimum Gasteiger partial charge on any atom is -0.496 e. The summed E-state index contributed by atoms with van der Waals surface area (Å²) >= 11 is 5.80. The summed E-state index contributed by atoms with van der Waals surface area (Å²) in [5, 5.41) is 11.6. The Labute approximate surface area is 110 Å². The summed E-state index contributed by atoms with van der Waals surface area (Å²) in [6, 6.07) is 4.00. The zero-order valence-electron chi connectivity index (χ0n) is 10.1. The normalized spacial score (nSPS) is 11.7. The Hall–Kier alpha value is -1.75. The van der Waals surface area contributed by atoms with E-state index in [1.165, 1.54) is 14.0 Å². The molecule has 1 aromatic carbocycles. The van der Waals surface area contributed by atoms with Gasteiger partial charge in [-0.15, -0.1) is 0 Å². The summed E-state index contributed by atoms with van der Waals surface area (Å²) in [6.07, 6.45) is 0.0396. The summed E-state index contributed by atoms with van der Waals surface area (Å²) < 4.78 is 5.10. The molecule has 0 bridgehead atoms. The van der Waals surface area contributed by atoms with Gasteiger partial charge in [-0.3, -0.25) is 9.59 Å². The number of carbonyl (C=O) groups excluding carboxylic acids is 1. The molecule has 0 spiro atoms. The average Bonchev–Trinajstić information content (AvgIpc) is 2.31. The van der Waals surface area contributed by atoms with Crippen molar-refractivity contribution in [1.82, 2.24) is 5.32 Å². The van der Waals surface area contributed by atoms with Gasteiger partial charge in [0.15, 0.2) is 0 Å². The molecule has 6 heteroatoms. The van der Waals surface area contributed by atoms with Crippen molar-refractivity contribution in [3.05, 3.63) is 28.8 Å². The van der Waals surface area contributed by atoms with E-state index < -0.39 is 12.0 Å². The van der Waals surface area contributed by atoms with Crippen LogP contribution in [-0.4, -0.2) is 30.1 Å². The summed E-state index contributed by atoms with van der Waals surface area (Å²) in [4.78, 5) is 22.2. The number of aliphatic carboxylic acids is 1. The molecule has 0 radical (unpaired) electrons. The first-order valence-corrected chi connectivity index (χ1v) is 5.66. The lowest BCUT2D eigenvalue weighted by Crippen LogP contribution is -2.39. The van der Waals surface area contributed by atoms with Gasteiger partial charge in [0, 0.05) is 10.6 Å². The van der Waals surface area contributed by atoms with E-state index in [4.69, 9.17) is 21.4 Å². The van der Waals surface area contributed by atoms with Gasteiger partial charge in [-0.25, -0.2) is 0 Å². The molecule has 1 aromatic rings. The van der Waals surface area contributed by atoms with E-state index >= 15 is 0 Å². The van der Waals surface area contributed by atoms with Crippen LogP contribution in [0.4, 0.5) is 0 Å². The van der Waals surface area contributed by atoms with Gasteiger partial charge in [-0.2, -0.15) is 0 Å². The van der Waals surface area contributed by atoms with Crippen LogP contribution in [0.1, 0.15) is 12.5 Å². The summed E-state index contributed by atoms with van der Waals surface area (Å²) in [5.74, 6) is -0.961. The summed E-state index contributed by atoms with van der Waals surface area (Å²) in [6.45, 7) is 1.40. The van der Waals surface area contributed by atoms with Crippen LogP contribution in [0.15, 0.2) is 18.2 Å². The number of hydrogen-bond donors (Lipinski definition) is 2. The fourth-order valence-corrected chi connectivity index (χ4v) is 1.55. The Morgan fingerprint density at radius 3 is 2.72 bits per heavy atom. The molecule has 5 nitrogen and oxygen atoms in total.